The fourth-order valence-corrected chi connectivity index (χ4v) is 4.81. The van der Waals surface area contributed by atoms with Crippen LogP contribution >= 0.6 is 23.1 Å². The minimum Gasteiger partial charge on any atom is -0.349 e. The standard InChI is InChI=1S/C20H20N4OS2/c25-18(22-17-12-6-8-14-7-4-5-11-16(14)17)13-26-20-24-23-19(27-20)21-15-9-2-1-3-10-15/h1-5,7,9-11,17H,6,8,12-13H2,(H,21,23)(H,22,25)/t17-/m0/s1. The predicted octanol–water partition coefficient (Wildman–Crippen LogP) is 4.57. The maximum Gasteiger partial charge on any atom is 0.230 e. The van der Waals surface area contributed by atoms with Crippen LogP contribution in [0.25, 0.3) is 0 Å². The Bertz CT molecular complexity index is 913. The van der Waals surface area contributed by atoms with Gasteiger partial charge in [0.2, 0.25) is 11.0 Å². The van der Waals surface area contributed by atoms with E-state index in [1.165, 1.54) is 34.2 Å². The Morgan fingerprint density at radius 1 is 1.11 bits per heavy atom. The van der Waals surface area contributed by atoms with Crippen molar-refractivity contribution in [2.75, 3.05) is 11.1 Å². The summed E-state index contributed by atoms with van der Waals surface area (Å²) < 4.78 is 0.785. The van der Waals surface area contributed by atoms with Crippen LogP contribution in [0, 0.1) is 0 Å². The monoisotopic (exact) mass is 396 g/mol. The average molecular weight is 397 g/mol. The highest BCUT2D eigenvalue weighted by atomic mass is 32.2. The summed E-state index contributed by atoms with van der Waals surface area (Å²) >= 11 is 2.88. The van der Waals surface area contributed by atoms with Crippen LogP contribution in [0.1, 0.15) is 30.0 Å². The lowest BCUT2D eigenvalue weighted by Crippen LogP contribution is -2.32. The van der Waals surface area contributed by atoms with Gasteiger partial charge in [0.15, 0.2) is 4.34 Å². The highest BCUT2D eigenvalue weighted by Crippen LogP contribution is 2.30. The fraction of sp³-hybridized carbons (Fsp3) is 0.250. The van der Waals surface area contributed by atoms with Gasteiger partial charge in [-0.1, -0.05) is 65.6 Å². The van der Waals surface area contributed by atoms with E-state index in [2.05, 4.69) is 39.0 Å². The van der Waals surface area contributed by atoms with Gasteiger partial charge in [0, 0.05) is 5.69 Å². The Kier molecular flexibility index (Phi) is 5.69. The minimum absolute atomic E-state index is 0.0365. The molecule has 1 aliphatic carbocycles. The Hall–Kier alpha value is -2.38. The lowest BCUT2D eigenvalue weighted by Gasteiger charge is -2.26. The topological polar surface area (TPSA) is 66.9 Å². The molecule has 0 saturated carbocycles. The summed E-state index contributed by atoms with van der Waals surface area (Å²) in [5.74, 6) is 0.382. The van der Waals surface area contributed by atoms with Gasteiger partial charge in [0.25, 0.3) is 0 Å². The van der Waals surface area contributed by atoms with E-state index >= 15 is 0 Å². The second-order valence-electron chi connectivity index (χ2n) is 6.36. The van der Waals surface area contributed by atoms with Crippen molar-refractivity contribution in [1.29, 1.82) is 0 Å². The van der Waals surface area contributed by atoms with Crippen molar-refractivity contribution in [1.82, 2.24) is 15.5 Å². The van der Waals surface area contributed by atoms with Gasteiger partial charge in [0.05, 0.1) is 11.8 Å². The average Bonchev–Trinajstić information content (AvgIpc) is 3.15. The van der Waals surface area contributed by atoms with Crippen molar-refractivity contribution in [2.24, 2.45) is 0 Å². The van der Waals surface area contributed by atoms with E-state index in [9.17, 15) is 4.79 Å². The minimum atomic E-state index is 0.0365. The van der Waals surface area contributed by atoms with Crippen LogP contribution in [-0.4, -0.2) is 21.9 Å². The van der Waals surface area contributed by atoms with Crippen LogP contribution in [0.2, 0.25) is 0 Å². The summed E-state index contributed by atoms with van der Waals surface area (Å²) in [5, 5.41) is 15.4. The Balaban J connectivity index is 1.30. The zero-order valence-corrected chi connectivity index (χ0v) is 16.4. The van der Waals surface area contributed by atoms with Crippen LogP contribution in [-0.2, 0) is 11.2 Å². The number of para-hydroxylation sites is 1. The van der Waals surface area contributed by atoms with Crippen molar-refractivity contribution in [3.8, 4) is 0 Å². The molecule has 0 aliphatic heterocycles. The zero-order valence-electron chi connectivity index (χ0n) is 14.7. The summed E-state index contributed by atoms with van der Waals surface area (Å²) in [6.07, 6.45) is 3.21. The highest BCUT2D eigenvalue weighted by molar-refractivity contribution is 8.01. The summed E-state index contributed by atoms with van der Waals surface area (Å²) in [6.45, 7) is 0. The van der Waals surface area contributed by atoms with Crippen molar-refractivity contribution < 1.29 is 4.79 Å². The number of aromatic nitrogens is 2. The Morgan fingerprint density at radius 2 is 1.93 bits per heavy atom. The molecular weight excluding hydrogens is 376 g/mol. The van der Waals surface area contributed by atoms with Gasteiger partial charge in [-0.15, -0.1) is 10.2 Å². The molecule has 0 spiro atoms. The molecule has 27 heavy (non-hydrogen) atoms. The molecule has 0 unspecified atom stereocenters. The second kappa shape index (κ2) is 8.54. The zero-order chi connectivity index (χ0) is 18.5. The molecule has 1 aliphatic rings. The first kappa shape index (κ1) is 18.0. The van der Waals surface area contributed by atoms with Gasteiger partial charge in [-0.2, -0.15) is 0 Å². The smallest absolute Gasteiger partial charge is 0.230 e. The van der Waals surface area contributed by atoms with E-state index in [0.717, 1.165) is 34.4 Å². The number of nitrogens with one attached hydrogen (secondary N) is 2. The molecule has 1 amide bonds. The van der Waals surface area contributed by atoms with Crippen LogP contribution in [0.4, 0.5) is 10.8 Å². The first-order valence-electron chi connectivity index (χ1n) is 8.93. The number of carbonyl (C=O) groups excluding carboxylic acids is 1. The van der Waals surface area contributed by atoms with E-state index in [1.807, 2.05) is 36.4 Å². The number of benzene rings is 2. The number of carbonyl (C=O) groups is 1. The molecule has 5 nitrogen and oxygen atoms in total. The number of thioether (sulfide) groups is 1. The molecule has 0 fully saturated rings. The van der Waals surface area contributed by atoms with Gasteiger partial charge in [-0.3, -0.25) is 4.79 Å². The van der Waals surface area contributed by atoms with Crippen molar-refractivity contribution in [2.45, 2.75) is 29.6 Å². The van der Waals surface area contributed by atoms with E-state index in [0.29, 0.717) is 5.75 Å². The van der Waals surface area contributed by atoms with Gasteiger partial charge in [-0.05, 0) is 42.5 Å². The molecule has 4 rings (SSSR count). The predicted molar refractivity (Wildman–Crippen MR) is 111 cm³/mol. The largest absolute Gasteiger partial charge is 0.349 e. The number of anilines is 2. The number of fused-ring (bicyclic) bond motifs is 1. The van der Waals surface area contributed by atoms with Gasteiger partial charge in [-0.25, -0.2) is 0 Å². The number of nitrogens with zero attached hydrogens (tertiary/aromatic N) is 2. The maximum absolute atomic E-state index is 12.4. The second-order valence-corrected chi connectivity index (χ2v) is 8.56. The molecule has 7 heteroatoms. The van der Waals surface area contributed by atoms with E-state index < -0.39 is 0 Å². The molecule has 1 heterocycles. The molecule has 0 bridgehead atoms. The quantitative estimate of drug-likeness (QED) is 0.598. The molecule has 2 aromatic carbocycles. The van der Waals surface area contributed by atoms with E-state index in [1.54, 1.807) is 0 Å². The molecule has 138 valence electrons. The lowest BCUT2D eigenvalue weighted by molar-refractivity contribution is -0.119. The number of aryl methyl sites for hydroxylation is 1. The SMILES string of the molecule is O=C(CSc1nnc(Nc2ccccc2)s1)N[C@H]1CCCc2ccccc21. The van der Waals surface area contributed by atoms with Crippen molar-refractivity contribution in [3.63, 3.8) is 0 Å². The van der Waals surface area contributed by atoms with Crippen LogP contribution in [0.5, 0.6) is 0 Å². The number of hydrogen-bond donors (Lipinski definition) is 2. The summed E-state index contributed by atoms with van der Waals surface area (Å²) in [5.41, 5.74) is 3.58. The van der Waals surface area contributed by atoms with Gasteiger partial charge in [0.1, 0.15) is 0 Å². The molecule has 1 aromatic heterocycles. The summed E-state index contributed by atoms with van der Waals surface area (Å²) in [4.78, 5) is 12.4. The highest BCUT2D eigenvalue weighted by Gasteiger charge is 2.21. The third-order valence-electron chi connectivity index (χ3n) is 4.46. The van der Waals surface area contributed by atoms with Crippen LogP contribution in [0.15, 0.2) is 58.9 Å². The maximum atomic E-state index is 12.4. The number of amides is 1. The Labute approximate surface area is 166 Å². The third-order valence-corrected chi connectivity index (χ3v) is 6.43. The summed E-state index contributed by atoms with van der Waals surface area (Å²) in [6, 6.07) is 18.4. The van der Waals surface area contributed by atoms with Crippen molar-refractivity contribution in [3.05, 3.63) is 65.7 Å². The fourth-order valence-electron chi connectivity index (χ4n) is 3.23. The third kappa shape index (κ3) is 4.67. The number of hydrogen-bond acceptors (Lipinski definition) is 6. The van der Waals surface area contributed by atoms with E-state index in [4.69, 9.17) is 0 Å². The molecule has 2 N–H and O–H groups in total. The number of rotatable bonds is 6. The molecular formula is C20H20N4OS2. The molecule has 3 aromatic rings. The first-order chi connectivity index (χ1) is 13.3. The normalized spacial score (nSPS) is 15.8. The van der Waals surface area contributed by atoms with Crippen LogP contribution < -0.4 is 10.6 Å². The summed E-state index contributed by atoms with van der Waals surface area (Å²) in [7, 11) is 0. The van der Waals surface area contributed by atoms with Crippen LogP contribution in [0.3, 0.4) is 0 Å². The lowest BCUT2D eigenvalue weighted by atomic mass is 9.88. The molecule has 0 radical (unpaired) electrons. The molecule has 1 atom stereocenters. The van der Waals surface area contributed by atoms with Gasteiger partial charge < -0.3 is 10.6 Å². The molecule has 0 saturated heterocycles. The van der Waals surface area contributed by atoms with E-state index in [-0.39, 0.29) is 11.9 Å². The van der Waals surface area contributed by atoms with Gasteiger partial charge >= 0.3 is 0 Å². The first-order valence-corrected chi connectivity index (χ1v) is 10.7. The Morgan fingerprint density at radius 3 is 2.81 bits per heavy atom. The van der Waals surface area contributed by atoms with Crippen molar-refractivity contribution >= 4 is 39.8 Å².